The van der Waals surface area contributed by atoms with Gasteiger partial charge in [-0.15, -0.1) is 10.2 Å². The summed E-state index contributed by atoms with van der Waals surface area (Å²) in [6.45, 7) is 8.11. The number of rotatable bonds is 6. The average molecular weight is 405 g/mol. The molecule has 1 aromatic carbocycles. The first kappa shape index (κ1) is 20.1. The van der Waals surface area contributed by atoms with Crippen molar-refractivity contribution in [2.45, 2.75) is 46.5 Å². The second-order valence-corrected chi connectivity index (χ2v) is 7.92. The molecule has 0 aliphatic carbocycles. The van der Waals surface area contributed by atoms with Crippen molar-refractivity contribution in [1.82, 2.24) is 20.0 Å². The van der Waals surface area contributed by atoms with Gasteiger partial charge in [0, 0.05) is 30.9 Å². The quantitative estimate of drug-likeness (QED) is 0.677. The van der Waals surface area contributed by atoms with Crippen LogP contribution < -0.4 is 10.2 Å². The Balaban J connectivity index is 1.42. The van der Waals surface area contributed by atoms with Gasteiger partial charge >= 0.3 is 0 Å². The molecule has 3 aromatic rings. The van der Waals surface area contributed by atoms with Gasteiger partial charge in [-0.3, -0.25) is 4.79 Å². The standard InChI is InChI=1S/C23H28N6O/c1-16-6-8-19(9-7-16)24-23(30)13-10-20-17(2)27-29(18(20)3)22-12-11-21(25-26-22)28-14-4-5-15-28/h6-9,11-12H,4-5,10,13-15H2,1-3H3,(H,24,30). The van der Waals surface area contributed by atoms with Crippen LogP contribution in [0.1, 0.15) is 41.8 Å². The minimum absolute atomic E-state index is 0.000149. The van der Waals surface area contributed by atoms with Crippen molar-refractivity contribution in [2.75, 3.05) is 23.3 Å². The van der Waals surface area contributed by atoms with Crippen LogP contribution in [0.2, 0.25) is 0 Å². The molecule has 0 atom stereocenters. The third-order valence-electron chi connectivity index (χ3n) is 5.66. The topological polar surface area (TPSA) is 75.9 Å². The summed E-state index contributed by atoms with van der Waals surface area (Å²) in [7, 11) is 0. The number of aryl methyl sites for hydroxylation is 2. The molecule has 1 saturated heterocycles. The molecular weight excluding hydrogens is 376 g/mol. The van der Waals surface area contributed by atoms with Crippen LogP contribution in [0.15, 0.2) is 36.4 Å². The molecule has 156 valence electrons. The summed E-state index contributed by atoms with van der Waals surface area (Å²) >= 11 is 0. The molecule has 0 spiro atoms. The van der Waals surface area contributed by atoms with Crippen LogP contribution in [0.25, 0.3) is 5.82 Å². The van der Waals surface area contributed by atoms with E-state index in [2.05, 4.69) is 25.5 Å². The summed E-state index contributed by atoms with van der Waals surface area (Å²) < 4.78 is 1.82. The fourth-order valence-electron chi connectivity index (χ4n) is 3.90. The highest BCUT2D eigenvalue weighted by Gasteiger charge is 2.17. The van der Waals surface area contributed by atoms with E-state index in [-0.39, 0.29) is 5.91 Å². The monoisotopic (exact) mass is 404 g/mol. The van der Waals surface area contributed by atoms with Crippen molar-refractivity contribution in [3.63, 3.8) is 0 Å². The van der Waals surface area contributed by atoms with Crippen LogP contribution in [0.4, 0.5) is 11.5 Å². The van der Waals surface area contributed by atoms with Crippen LogP contribution in [0, 0.1) is 20.8 Å². The van der Waals surface area contributed by atoms with Crippen LogP contribution >= 0.6 is 0 Å². The van der Waals surface area contributed by atoms with E-state index in [0.717, 1.165) is 41.5 Å². The van der Waals surface area contributed by atoms with Gasteiger partial charge < -0.3 is 10.2 Å². The van der Waals surface area contributed by atoms with E-state index >= 15 is 0 Å². The molecule has 7 nitrogen and oxygen atoms in total. The number of carbonyl (C=O) groups excluding carboxylic acids is 1. The van der Waals surface area contributed by atoms with E-state index in [9.17, 15) is 4.79 Å². The highest BCUT2D eigenvalue weighted by atomic mass is 16.1. The molecule has 1 fully saturated rings. The van der Waals surface area contributed by atoms with Gasteiger partial charge in [0.15, 0.2) is 11.6 Å². The van der Waals surface area contributed by atoms with Crippen molar-refractivity contribution in [1.29, 1.82) is 0 Å². The van der Waals surface area contributed by atoms with Crippen LogP contribution in [-0.4, -0.2) is 39.0 Å². The smallest absolute Gasteiger partial charge is 0.224 e. The molecule has 1 amide bonds. The lowest BCUT2D eigenvalue weighted by Gasteiger charge is -2.15. The Morgan fingerprint density at radius 2 is 1.63 bits per heavy atom. The van der Waals surface area contributed by atoms with Crippen LogP contribution in [0.5, 0.6) is 0 Å². The van der Waals surface area contributed by atoms with E-state index in [4.69, 9.17) is 0 Å². The van der Waals surface area contributed by atoms with Gasteiger partial charge in [0.1, 0.15) is 0 Å². The normalized spacial score (nSPS) is 13.6. The lowest BCUT2D eigenvalue weighted by Crippen LogP contribution is -2.19. The summed E-state index contributed by atoms with van der Waals surface area (Å²) in [6.07, 6.45) is 3.46. The van der Waals surface area contributed by atoms with Gasteiger partial charge in [-0.25, -0.2) is 4.68 Å². The van der Waals surface area contributed by atoms with Gasteiger partial charge in [0.2, 0.25) is 5.91 Å². The molecule has 30 heavy (non-hydrogen) atoms. The lowest BCUT2D eigenvalue weighted by molar-refractivity contribution is -0.116. The number of amides is 1. The molecule has 1 aliphatic heterocycles. The Labute approximate surface area is 177 Å². The molecule has 0 radical (unpaired) electrons. The van der Waals surface area contributed by atoms with Crippen molar-refractivity contribution in [3.8, 4) is 5.82 Å². The number of aromatic nitrogens is 4. The van der Waals surface area contributed by atoms with Gasteiger partial charge in [-0.2, -0.15) is 5.10 Å². The molecule has 2 aromatic heterocycles. The molecule has 3 heterocycles. The number of anilines is 2. The third-order valence-corrected chi connectivity index (χ3v) is 5.66. The fraction of sp³-hybridized carbons (Fsp3) is 0.391. The predicted octanol–water partition coefficient (Wildman–Crippen LogP) is 3.76. The summed E-state index contributed by atoms with van der Waals surface area (Å²) in [5.41, 5.74) is 4.99. The molecule has 1 N–H and O–H groups in total. The zero-order valence-electron chi connectivity index (χ0n) is 17.9. The predicted molar refractivity (Wildman–Crippen MR) is 118 cm³/mol. The van der Waals surface area contributed by atoms with E-state index in [1.807, 2.05) is 61.9 Å². The Kier molecular flexibility index (Phi) is 5.79. The Morgan fingerprint density at radius 1 is 0.967 bits per heavy atom. The molecule has 0 unspecified atom stereocenters. The summed E-state index contributed by atoms with van der Waals surface area (Å²) in [5.74, 6) is 1.62. The maximum Gasteiger partial charge on any atom is 0.224 e. The second kappa shape index (κ2) is 8.65. The molecule has 7 heteroatoms. The molecule has 0 saturated carbocycles. The summed E-state index contributed by atoms with van der Waals surface area (Å²) in [5, 5.41) is 16.4. The highest BCUT2D eigenvalue weighted by molar-refractivity contribution is 5.90. The second-order valence-electron chi connectivity index (χ2n) is 7.92. The molecular formula is C23H28N6O. The summed E-state index contributed by atoms with van der Waals surface area (Å²) in [4.78, 5) is 14.6. The molecule has 1 aliphatic rings. The first-order valence-corrected chi connectivity index (χ1v) is 10.5. The van der Waals surface area contributed by atoms with Crippen LogP contribution in [0.3, 0.4) is 0 Å². The number of benzene rings is 1. The Bertz CT molecular complexity index is 1020. The maximum atomic E-state index is 12.4. The highest BCUT2D eigenvalue weighted by Crippen LogP contribution is 2.21. The Morgan fingerprint density at radius 3 is 2.30 bits per heavy atom. The minimum Gasteiger partial charge on any atom is -0.355 e. The lowest BCUT2D eigenvalue weighted by atomic mass is 10.1. The van der Waals surface area contributed by atoms with Gasteiger partial charge in [0.25, 0.3) is 0 Å². The van der Waals surface area contributed by atoms with Crippen LogP contribution in [-0.2, 0) is 11.2 Å². The van der Waals surface area contributed by atoms with Crippen molar-refractivity contribution < 1.29 is 4.79 Å². The fourth-order valence-corrected chi connectivity index (χ4v) is 3.90. The Hall–Kier alpha value is -3.22. The molecule has 4 rings (SSSR count). The van der Waals surface area contributed by atoms with E-state index in [0.29, 0.717) is 18.7 Å². The zero-order chi connectivity index (χ0) is 21.1. The third kappa shape index (κ3) is 4.35. The van der Waals surface area contributed by atoms with Gasteiger partial charge in [-0.05, 0) is 69.9 Å². The largest absolute Gasteiger partial charge is 0.355 e. The van der Waals surface area contributed by atoms with Crippen molar-refractivity contribution in [3.05, 3.63) is 58.9 Å². The maximum absolute atomic E-state index is 12.4. The first-order valence-electron chi connectivity index (χ1n) is 10.5. The zero-order valence-corrected chi connectivity index (χ0v) is 17.9. The average Bonchev–Trinajstić information content (AvgIpc) is 3.37. The van der Waals surface area contributed by atoms with Gasteiger partial charge in [-0.1, -0.05) is 17.7 Å². The first-order chi connectivity index (χ1) is 14.5. The number of hydrogen-bond donors (Lipinski definition) is 1. The summed E-state index contributed by atoms with van der Waals surface area (Å²) in [6, 6.07) is 11.8. The molecule has 0 bridgehead atoms. The van der Waals surface area contributed by atoms with E-state index < -0.39 is 0 Å². The number of hydrogen-bond acceptors (Lipinski definition) is 5. The minimum atomic E-state index is 0.000149. The van der Waals surface area contributed by atoms with Gasteiger partial charge in [0.05, 0.1) is 5.69 Å². The SMILES string of the molecule is Cc1ccc(NC(=O)CCc2c(C)nn(-c3ccc(N4CCCC4)nn3)c2C)cc1. The number of carbonyl (C=O) groups is 1. The number of nitrogens with zero attached hydrogens (tertiary/aromatic N) is 5. The van der Waals surface area contributed by atoms with Crippen molar-refractivity contribution in [2.24, 2.45) is 0 Å². The number of nitrogens with one attached hydrogen (secondary N) is 1. The van der Waals surface area contributed by atoms with E-state index in [1.165, 1.54) is 18.4 Å². The van der Waals surface area contributed by atoms with Crippen molar-refractivity contribution >= 4 is 17.4 Å². The van der Waals surface area contributed by atoms with E-state index in [1.54, 1.807) is 0 Å².